The highest BCUT2D eigenvalue weighted by atomic mass is 16.3. The van der Waals surface area contributed by atoms with Crippen LogP contribution < -0.4 is 0 Å². The van der Waals surface area contributed by atoms with Crippen molar-refractivity contribution < 1.29 is 5.11 Å². The van der Waals surface area contributed by atoms with E-state index in [9.17, 15) is 5.11 Å². The van der Waals surface area contributed by atoms with E-state index < -0.39 is 5.60 Å². The molecule has 15 heavy (non-hydrogen) atoms. The highest BCUT2D eigenvalue weighted by Crippen LogP contribution is 2.16. The standard InChI is InChI=1S/C12H26N2O/c1-12(2,15)10-14(4)9-11-6-5-7-13(3)8-11/h11,15H,5-10H2,1-4H3/t11-/m0/s1. The number of likely N-dealkylation sites (tertiary alicyclic amines) is 1. The highest BCUT2D eigenvalue weighted by Gasteiger charge is 2.21. The van der Waals surface area contributed by atoms with Gasteiger partial charge in [-0.25, -0.2) is 0 Å². The number of nitrogens with zero attached hydrogens (tertiary/aromatic N) is 2. The van der Waals surface area contributed by atoms with Crippen LogP contribution in [0.3, 0.4) is 0 Å². The quantitative estimate of drug-likeness (QED) is 0.757. The van der Waals surface area contributed by atoms with Crippen LogP contribution in [0.1, 0.15) is 26.7 Å². The van der Waals surface area contributed by atoms with E-state index in [2.05, 4.69) is 23.9 Å². The van der Waals surface area contributed by atoms with Crippen LogP contribution >= 0.6 is 0 Å². The first-order valence-electron chi connectivity index (χ1n) is 5.96. The Bertz CT molecular complexity index is 189. The smallest absolute Gasteiger partial charge is 0.0718 e. The van der Waals surface area contributed by atoms with E-state index >= 15 is 0 Å². The van der Waals surface area contributed by atoms with Crippen LogP contribution in [0.15, 0.2) is 0 Å². The van der Waals surface area contributed by atoms with E-state index in [0.717, 1.165) is 19.0 Å². The zero-order chi connectivity index (χ0) is 11.5. The molecular weight excluding hydrogens is 188 g/mol. The van der Waals surface area contributed by atoms with Gasteiger partial charge in [0.2, 0.25) is 0 Å². The van der Waals surface area contributed by atoms with Crippen molar-refractivity contribution in [3.05, 3.63) is 0 Å². The van der Waals surface area contributed by atoms with Crippen LogP contribution in [0.4, 0.5) is 0 Å². The van der Waals surface area contributed by atoms with E-state index in [4.69, 9.17) is 0 Å². The monoisotopic (exact) mass is 214 g/mol. The van der Waals surface area contributed by atoms with Crippen molar-refractivity contribution >= 4 is 0 Å². The molecule has 3 nitrogen and oxygen atoms in total. The van der Waals surface area contributed by atoms with Crippen LogP contribution in [0.25, 0.3) is 0 Å². The molecule has 0 saturated carbocycles. The second kappa shape index (κ2) is 5.28. The summed E-state index contributed by atoms with van der Waals surface area (Å²) in [5.41, 5.74) is -0.574. The number of hydrogen-bond acceptors (Lipinski definition) is 3. The molecular formula is C12H26N2O. The van der Waals surface area contributed by atoms with Crippen molar-refractivity contribution in [3.63, 3.8) is 0 Å². The van der Waals surface area contributed by atoms with Gasteiger partial charge in [-0.3, -0.25) is 0 Å². The Kier molecular flexibility index (Phi) is 4.56. The fraction of sp³-hybridized carbons (Fsp3) is 1.00. The molecule has 0 aromatic rings. The minimum Gasteiger partial charge on any atom is -0.389 e. The van der Waals surface area contributed by atoms with Gasteiger partial charge in [-0.05, 0) is 53.2 Å². The fourth-order valence-corrected chi connectivity index (χ4v) is 2.59. The Morgan fingerprint density at radius 3 is 2.67 bits per heavy atom. The number of piperidine rings is 1. The zero-order valence-electron chi connectivity index (χ0n) is 10.7. The largest absolute Gasteiger partial charge is 0.389 e. The van der Waals surface area contributed by atoms with Gasteiger partial charge in [-0.2, -0.15) is 0 Å². The molecule has 0 aliphatic carbocycles. The minimum atomic E-state index is -0.574. The first-order valence-corrected chi connectivity index (χ1v) is 5.96. The molecule has 1 N–H and O–H groups in total. The summed E-state index contributed by atoms with van der Waals surface area (Å²) in [4.78, 5) is 4.66. The van der Waals surface area contributed by atoms with E-state index in [0.29, 0.717) is 0 Å². The summed E-state index contributed by atoms with van der Waals surface area (Å²) >= 11 is 0. The lowest BCUT2D eigenvalue weighted by atomic mass is 9.97. The molecule has 90 valence electrons. The molecule has 1 atom stereocenters. The van der Waals surface area contributed by atoms with Gasteiger partial charge in [0.15, 0.2) is 0 Å². The third kappa shape index (κ3) is 5.50. The van der Waals surface area contributed by atoms with E-state index in [1.165, 1.54) is 25.9 Å². The summed E-state index contributed by atoms with van der Waals surface area (Å²) in [6.07, 6.45) is 2.65. The lowest BCUT2D eigenvalue weighted by molar-refractivity contribution is 0.0358. The Morgan fingerprint density at radius 1 is 1.47 bits per heavy atom. The Balaban J connectivity index is 2.28. The van der Waals surface area contributed by atoms with Crippen LogP contribution in [-0.2, 0) is 0 Å². The zero-order valence-corrected chi connectivity index (χ0v) is 10.7. The molecule has 0 aromatic carbocycles. The maximum Gasteiger partial charge on any atom is 0.0718 e. The van der Waals surface area contributed by atoms with Gasteiger partial charge in [0.1, 0.15) is 0 Å². The molecule has 1 rings (SSSR count). The third-order valence-electron chi connectivity index (χ3n) is 2.95. The highest BCUT2D eigenvalue weighted by molar-refractivity contribution is 4.76. The molecule has 1 fully saturated rings. The lowest BCUT2D eigenvalue weighted by Crippen LogP contribution is -2.42. The van der Waals surface area contributed by atoms with Crippen LogP contribution in [0, 0.1) is 5.92 Å². The van der Waals surface area contributed by atoms with Gasteiger partial charge in [0.05, 0.1) is 5.60 Å². The predicted octanol–water partition coefficient (Wildman–Crippen LogP) is 1.03. The number of hydrogen-bond donors (Lipinski definition) is 1. The summed E-state index contributed by atoms with van der Waals surface area (Å²) in [6.45, 7) is 8.05. The van der Waals surface area contributed by atoms with Crippen molar-refractivity contribution in [2.75, 3.05) is 40.3 Å². The third-order valence-corrected chi connectivity index (χ3v) is 2.95. The lowest BCUT2D eigenvalue weighted by Gasteiger charge is -2.34. The molecule has 0 radical (unpaired) electrons. The minimum absolute atomic E-state index is 0.574. The maximum absolute atomic E-state index is 9.72. The molecule has 0 bridgehead atoms. The number of likely N-dealkylation sites (N-methyl/N-ethyl adjacent to an activating group) is 1. The number of rotatable bonds is 4. The van der Waals surface area contributed by atoms with Crippen molar-refractivity contribution in [3.8, 4) is 0 Å². The Hall–Kier alpha value is -0.120. The topological polar surface area (TPSA) is 26.7 Å². The molecule has 1 saturated heterocycles. The summed E-state index contributed by atoms with van der Waals surface area (Å²) in [7, 11) is 4.30. The fourth-order valence-electron chi connectivity index (χ4n) is 2.59. The van der Waals surface area contributed by atoms with Crippen molar-refractivity contribution in [2.45, 2.75) is 32.3 Å². The van der Waals surface area contributed by atoms with E-state index in [1.807, 2.05) is 13.8 Å². The van der Waals surface area contributed by atoms with Gasteiger partial charge in [-0.1, -0.05) is 0 Å². The van der Waals surface area contributed by atoms with Gasteiger partial charge >= 0.3 is 0 Å². The van der Waals surface area contributed by atoms with Gasteiger partial charge in [0.25, 0.3) is 0 Å². The number of aliphatic hydroxyl groups is 1. The SMILES string of the molecule is CN1CCC[C@H](CN(C)CC(C)(C)O)C1. The maximum atomic E-state index is 9.72. The van der Waals surface area contributed by atoms with E-state index in [1.54, 1.807) is 0 Å². The molecule has 1 aliphatic rings. The molecule has 0 amide bonds. The Morgan fingerprint density at radius 2 is 2.13 bits per heavy atom. The second-order valence-corrected chi connectivity index (χ2v) is 5.78. The van der Waals surface area contributed by atoms with E-state index in [-0.39, 0.29) is 0 Å². The van der Waals surface area contributed by atoms with Crippen LogP contribution in [-0.4, -0.2) is 60.8 Å². The Labute approximate surface area is 94.1 Å². The average molecular weight is 214 g/mol. The summed E-state index contributed by atoms with van der Waals surface area (Å²) in [5.74, 6) is 0.774. The van der Waals surface area contributed by atoms with Crippen LogP contribution in [0.5, 0.6) is 0 Å². The van der Waals surface area contributed by atoms with Crippen LogP contribution in [0.2, 0.25) is 0 Å². The molecule has 0 aromatic heterocycles. The first-order chi connectivity index (χ1) is 6.87. The first kappa shape index (κ1) is 12.9. The predicted molar refractivity (Wildman–Crippen MR) is 64.0 cm³/mol. The van der Waals surface area contributed by atoms with Crippen molar-refractivity contribution in [1.82, 2.24) is 9.80 Å². The normalized spacial score (nSPS) is 24.8. The molecule has 0 unspecified atom stereocenters. The molecule has 0 spiro atoms. The molecule has 3 heteroatoms. The second-order valence-electron chi connectivity index (χ2n) is 5.78. The summed E-state index contributed by atoms with van der Waals surface area (Å²) in [5, 5.41) is 9.72. The van der Waals surface area contributed by atoms with Gasteiger partial charge in [-0.15, -0.1) is 0 Å². The average Bonchev–Trinajstić information content (AvgIpc) is 1.99. The summed E-state index contributed by atoms with van der Waals surface area (Å²) < 4.78 is 0. The summed E-state index contributed by atoms with van der Waals surface area (Å²) in [6, 6.07) is 0. The van der Waals surface area contributed by atoms with Gasteiger partial charge < -0.3 is 14.9 Å². The molecule has 1 aliphatic heterocycles. The van der Waals surface area contributed by atoms with Crippen molar-refractivity contribution in [1.29, 1.82) is 0 Å². The van der Waals surface area contributed by atoms with Gasteiger partial charge in [0, 0.05) is 19.6 Å². The molecule has 1 heterocycles. The van der Waals surface area contributed by atoms with Crippen molar-refractivity contribution in [2.24, 2.45) is 5.92 Å².